The van der Waals surface area contributed by atoms with E-state index < -0.39 is 0 Å². The van der Waals surface area contributed by atoms with Crippen LogP contribution in [0.25, 0.3) is 0 Å². The van der Waals surface area contributed by atoms with Gasteiger partial charge in [0.15, 0.2) is 0 Å². The minimum atomic E-state index is 0.846. The van der Waals surface area contributed by atoms with Gasteiger partial charge in [0, 0.05) is 22.1 Å². The molecule has 2 nitrogen and oxygen atoms in total. The number of nitrogens with zero attached hydrogens (tertiary/aromatic N) is 2. The SMILES string of the molecule is CCSc1cccc(SCCN(CC)CC)c1C#N. The van der Waals surface area contributed by atoms with Crippen molar-refractivity contribution in [3.8, 4) is 6.07 Å². The molecule has 0 saturated heterocycles. The van der Waals surface area contributed by atoms with Crippen molar-refractivity contribution in [3.63, 3.8) is 0 Å². The van der Waals surface area contributed by atoms with Crippen LogP contribution in [0.5, 0.6) is 0 Å². The molecule has 0 saturated carbocycles. The maximum absolute atomic E-state index is 9.34. The third-order valence-electron chi connectivity index (χ3n) is 2.96. The second kappa shape index (κ2) is 9.30. The zero-order valence-corrected chi connectivity index (χ0v) is 13.6. The smallest absolute Gasteiger partial charge is 0.101 e. The number of benzene rings is 1. The van der Waals surface area contributed by atoms with Crippen LogP contribution in [0, 0.1) is 11.3 Å². The van der Waals surface area contributed by atoms with Crippen molar-refractivity contribution in [2.24, 2.45) is 0 Å². The van der Waals surface area contributed by atoms with E-state index >= 15 is 0 Å². The van der Waals surface area contributed by atoms with Gasteiger partial charge in [-0.05, 0) is 31.0 Å². The van der Waals surface area contributed by atoms with E-state index in [-0.39, 0.29) is 0 Å². The Bertz CT molecular complexity index is 423. The molecular formula is C15H22N2S2. The van der Waals surface area contributed by atoms with Crippen LogP contribution in [-0.2, 0) is 0 Å². The van der Waals surface area contributed by atoms with Gasteiger partial charge in [-0.3, -0.25) is 0 Å². The molecule has 0 radical (unpaired) electrons. The largest absolute Gasteiger partial charge is 0.303 e. The molecule has 0 atom stereocenters. The van der Waals surface area contributed by atoms with Gasteiger partial charge < -0.3 is 4.90 Å². The van der Waals surface area contributed by atoms with Crippen molar-refractivity contribution in [2.45, 2.75) is 30.6 Å². The summed E-state index contributed by atoms with van der Waals surface area (Å²) in [6.07, 6.45) is 0. The van der Waals surface area contributed by atoms with Crippen LogP contribution < -0.4 is 0 Å². The van der Waals surface area contributed by atoms with Crippen molar-refractivity contribution in [1.29, 1.82) is 5.26 Å². The summed E-state index contributed by atoms with van der Waals surface area (Å²) < 4.78 is 0. The molecule has 4 heteroatoms. The van der Waals surface area contributed by atoms with E-state index in [4.69, 9.17) is 0 Å². The first-order valence-electron chi connectivity index (χ1n) is 6.77. The summed E-state index contributed by atoms with van der Waals surface area (Å²) in [5.74, 6) is 2.04. The Morgan fingerprint density at radius 1 is 1.11 bits per heavy atom. The van der Waals surface area contributed by atoms with Gasteiger partial charge in [0.05, 0.1) is 5.56 Å². The van der Waals surface area contributed by atoms with Crippen LogP contribution in [-0.4, -0.2) is 36.0 Å². The number of nitriles is 1. The molecule has 0 N–H and O–H groups in total. The van der Waals surface area contributed by atoms with Crippen molar-refractivity contribution in [3.05, 3.63) is 23.8 Å². The average molecular weight is 294 g/mol. The van der Waals surface area contributed by atoms with Crippen LogP contribution in [0.1, 0.15) is 26.3 Å². The summed E-state index contributed by atoms with van der Waals surface area (Å²) in [6, 6.07) is 8.52. The second-order valence-corrected chi connectivity index (χ2v) is 6.49. The highest BCUT2D eigenvalue weighted by Gasteiger charge is 2.09. The molecule has 0 fully saturated rings. The molecule has 0 aliphatic heterocycles. The predicted molar refractivity (Wildman–Crippen MR) is 86.1 cm³/mol. The first kappa shape index (κ1) is 16.4. The summed E-state index contributed by atoms with van der Waals surface area (Å²) in [7, 11) is 0. The topological polar surface area (TPSA) is 27.0 Å². The zero-order valence-electron chi connectivity index (χ0n) is 12.0. The van der Waals surface area contributed by atoms with Crippen LogP contribution in [0.2, 0.25) is 0 Å². The molecule has 1 aromatic carbocycles. The van der Waals surface area contributed by atoms with E-state index in [2.05, 4.69) is 43.9 Å². The molecule has 0 amide bonds. The fraction of sp³-hybridized carbons (Fsp3) is 0.533. The standard InChI is InChI=1S/C15H22N2S2/c1-4-17(5-2)10-11-19-15-9-7-8-14(18-6-3)13(15)12-16/h7-9H,4-6,10-11H2,1-3H3. The highest BCUT2D eigenvalue weighted by molar-refractivity contribution is 8.00. The van der Waals surface area contributed by atoms with E-state index in [1.165, 1.54) is 0 Å². The molecule has 19 heavy (non-hydrogen) atoms. The number of hydrogen-bond acceptors (Lipinski definition) is 4. The van der Waals surface area contributed by atoms with Gasteiger partial charge in [0.2, 0.25) is 0 Å². The summed E-state index contributed by atoms with van der Waals surface area (Å²) in [6.45, 7) is 9.75. The summed E-state index contributed by atoms with van der Waals surface area (Å²) in [5, 5.41) is 9.34. The van der Waals surface area contributed by atoms with Gasteiger partial charge in [-0.2, -0.15) is 5.26 Å². The monoisotopic (exact) mass is 294 g/mol. The Labute approximate surface area is 125 Å². The molecular weight excluding hydrogens is 272 g/mol. The quantitative estimate of drug-likeness (QED) is 0.674. The van der Waals surface area contributed by atoms with Gasteiger partial charge in [-0.1, -0.05) is 26.8 Å². The van der Waals surface area contributed by atoms with Crippen LogP contribution in [0.3, 0.4) is 0 Å². The van der Waals surface area contributed by atoms with E-state index in [0.29, 0.717) is 0 Å². The minimum absolute atomic E-state index is 0.846. The fourth-order valence-electron chi connectivity index (χ4n) is 1.84. The van der Waals surface area contributed by atoms with Crippen LogP contribution in [0.4, 0.5) is 0 Å². The highest BCUT2D eigenvalue weighted by Crippen LogP contribution is 2.30. The molecule has 1 rings (SSSR count). The predicted octanol–water partition coefficient (Wildman–Crippen LogP) is 4.10. The Morgan fingerprint density at radius 3 is 2.26 bits per heavy atom. The lowest BCUT2D eigenvalue weighted by molar-refractivity contribution is 0.324. The third-order valence-corrected chi connectivity index (χ3v) is 4.94. The molecule has 0 unspecified atom stereocenters. The number of rotatable bonds is 8. The van der Waals surface area contributed by atoms with E-state index in [0.717, 1.165) is 46.5 Å². The van der Waals surface area contributed by atoms with Crippen molar-refractivity contribution in [2.75, 3.05) is 31.1 Å². The Balaban J connectivity index is 2.68. The molecule has 0 bridgehead atoms. The van der Waals surface area contributed by atoms with Gasteiger partial charge in [0.1, 0.15) is 6.07 Å². The van der Waals surface area contributed by atoms with E-state index in [1.54, 1.807) is 23.5 Å². The Hall–Kier alpha value is -0.630. The molecule has 0 aliphatic rings. The molecule has 0 heterocycles. The maximum Gasteiger partial charge on any atom is 0.101 e. The third kappa shape index (κ3) is 5.10. The summed E-state index contributed by atoms with van der Waals surface area (Å²) >= 11 is 3.54. The van der Waals surface area contributed by atoms with Gasteiger partial charge in [-0.25, -0.2) is 0 Å². The normalized spacial score (nSPS) is 10.7. The van der Waals surface area contributed by atoms with Crippen LogP contribution in [0.15, 0.2) is 28.0 Å². The molecule has 1 aromatic rings. The zero-order chi connectivity index (χ0) is 14.1. The second-order valence-electron chi connectivity index (χ2n) is 4.05. The maximum atomic E-state index is 9.34. The number of thioether (sulfide) groups is 2. The minimum Gasteiger partial charge on any atom is -0.303 e. The van der Waals surface area contributed by atoms with Gasteiger partial charge in [-0.15, -0.1) is 23.5 Å². The van der Waals surface area contributed by atoms with Gasteiger partial charge >= 0.3 is 0 Å². The van der Waals surface area contributed by atoms with Crippen molar-refractivity contribution in [1.82, 2.24) is 4.90 Å². The lowest BCUT2D eigenvalue weighted by Crippen LogP contribution is -2.25. The first-order chi connectivity index (χ1) is 9.26. The lowest BCUT2D eigenvalue weighted by atomic mass is 10.2. The fourth-order valence-corrected chi connectivity index (χ4v) is 3.74. The summed E-state index contributed by atoms with van der Waals surface area (Å²) in [5.41, 5.74) is 0.846. The summed E-state index contributed by atoms with van der Waals surface area (Å²) in [4.78, 5) is 4.63. The molecule has 0 aromatic heterocycles. The Kier molecular flexibility index (Phi) is 8.04. The van der Waals surface area contributed by atoms with E-state index in [1.807, 2.05) is 6.07 Å². The van der Waals surface area contributed by atoms with Gasteiger partial charge in [0.25, 0.3) is 0 Å². The Morgan fingerprint density at radius 2 is 1.74 bits per heavy atom. The molecule has 0 spiro atoms. The van der Waals surface area contributed by atoms with E-state index in [9.17, 15) is 5.26 Å². The highest BCUT2D eigenvalue weighted by atomic mass is 32.2. The van der Waals surface area contributed by atoms with Crippen LogP contribution >= 0.6 is 23.5 Å². The number of hydrogen-bond donors (Lipinski definition) is 0. The average Bonchev–Trinajstić information content (AvgIpc) is 2.44. The van der Waals surface area contributed by atoms with Crippen molar-refractivity contribution < 1.29 is 0 Å². The van der Waals surface area contributed by atoms with Crippen molar-refractivity contribution >= 4 is 23.5 Å². The molecule has 0 aliphatic carbocycles. The lowest BCUT2D eigenvalue weighted by Gasteiger charge is -2.17. The first-order valence-corrected chi connectivity index (χ1v) is 8.74. The molecule has 104 valence electrons.